The van der Waals surface area contributed by atoms with Gasteiger partial charge in [-0.2, -0.15) is 0 Å². The van der Waals surface area contributed by atoms with Crippen LogP contribution in [0.1, 0.15) is 15.9 Å². The predicted molar refractivity (Wildman–Crippen MR) is 84.9 cm³/mol. The first-order chi connectivity index (χ1) is 9.88. The van der Waals surface area contributed by atoms with Crippen molar-refractivity contribution in [2.45, 2.75) is 6.92 Å². The molecule has 2 aromatic carbocycles. The Morgan fingerprint density at radius 3 is 2.62 bits per heavy atom. The van der Waals surface area contributed by atoms with E-state index >= 15 is 0 Å². The first kappa shape index (κ1) is 15.5. The van der Waals surface area contributed by atoms with Gasteiger partial charge in [0.1, 0.15) is 5.02 Å². The molecule has 0 aliphatic rings. The van der Waals surface area contributed by atoms with Gasteiger partial charge in [0.25, 0.3) is 11.6 Å². The van der Waals surface area contributed by atoms with Crippen molar-refractivity contribution in [3.63, 3.8) is 0 Å². The highest BCUT2D eigenvalue weighted by Gasteiger charge is 2.16. The molecule has 0 fully saturated rings. The summed E-state index contributed by atoms with van der Waals surface area (Å²) in [5.74, 6) is -0.434. The van der Waals surface area contributed by atoms with Crippen molar-refractivity contribution in [1.82, 2.24) is 0 Å². The van der Waals surface area contributed by atoms with Gasteiger partial charge in [-0.1, -0.05) is 27.5 Å². The van der Waals surface area contributed by atoms with E-state index in [4.69, 9.17) is 11.6 Å². The van der Waals surface area contributed by atoms with Crippen molar-refractivity contribution < 1.29 is 9.72 Å². The molecule has 0 saturated carbocycles. The molecule has 0 aromatic heterocycles. The van der Waals surface area contributed by atoms with E-state index in [1.54, 1.807) is 12.1 Å². The summed E-state index contributed by atoms with van der Waals surface area (Å²) in [6.07, 6.45) is 0. The van der Waals surface area contributed by atoms with E-state index in [1.165, 1.54) is 12.1 Å². The van der Waals surface area contributed by atoms with E-state index in [9.17, 15) is 14.9 Å². The second-order valence-corrected chi connectivity index (χ2v) is 5.60. The summed E-state index contributed by atoms with van der Waals surface area (Å²) in [6.45, 7) is 1.90. The topological polar surface area (TPSA) is 72.2 Å². The molecule has 2 aromatic rings. The maximum atomic E-state index is 12.1. The Balaban J connectivity index is 2.26. The van der Waals surface area contributed by atoms with Crippen LogP contribution >= 0.6 is 27.5 Å². The standard InChI is InChI=1S/C14H10BrClN2O3/c1-8-6-10(3-4-11(8)15)17-14(19)9-2-5-12(16)13(7-9)18(20)21/h2-7H,1H3,(H,17,19). The number of nitro groups is 1. The average molecular weight is 370 g/mol. The molecule has 21 heavy (non-hydrogen) atoms. The molecule has 0 atom stereocenters. The number of anilines is 1. The van der Waals surface area contributed by atoms with Crippen LogP contribution in [0.4, 0.5) is 11.4 Å². The lowest BCUT2D eigenvalue weighted by Crippen LogP contribution is -2.12. The zero-order valence-corrected chi connectivity index (χ0v) is 13.2. The Hall–Kier alpha value is -1.92. The Morgan fingerprint density at radius 2 is 2.00 bits per heavy atom. The molecular weight excluding hydrogens is 360 g/mol. The summed E-state index contributed by atoms with van der Waals surface area (Å²) >= 11 is 9.09. The predicted octanol–water partition coefficient (Wildman–Crippen LogP) is 4.57. The summed E-state index contributed by atoms with van der Waals surface area (Å²) < 4.78 is 0.933. The van der Waals surface area contributed by atoms with Gasteiger partial charge in [-0.05, 0) is 42.8 Å². The highest BCUT2D eigenvalue weighted by atomic mass is 79.9. The van der Waals surface area contributed by atoms with Crippen LogP contribution in [0.25, 0.3) is 0 Å². The molecule has 0 heterocycles. The van der Waals surface area contributed by atoms with Crippen molar-refractivity contribution in [1.29, 1.82) is 0 Å². The Kier molecular flexibility index (Phi) is 4.59. The second-order valence-electron chi connectivity index (χ2n) is 4.34. The number of halogens is 2. The van der Waals surface area contributed by atoms with Crippen molar-refractivity contribution >= 4 is 44.8 Å². The van der Waals surface area contributed by atoms with Crippen LogP contribution in [-0.2, 0) is 0 Å². The Labute approximate surface area is 134 Å². The third-order valence-corrected chi connectivity index (χ3v) is 4.03. The molecule has 0 spiro atoms. The first-order valence-electron chi connectivity index (χ1n) is 5.90. The largest absolute Gasteiger partial charge is 0.322 e. The Morgan fingerprint density at radius 1 is 1.29 bits per heavy atom. The molecule has 5 nitrogen and oxygen atoms in total. The minimum atomic E-state index is -0.622. The van der Waals surface area contributed by atoms with E-state index < -0.39 is 10.8 Å². The maximum absolute atomic E-state index is 12.1. The summed E-state index contributed by atoms with van der Waals surface area (Å²) in [6, 6.07) is 9.28. The summed E-state index contributed by atoms with van der Waals surface area (Å²) in [4.78, 5) is 22.3. The molecule has 0 aliphatic carbocycles. The first-order valence-corrected chi connectivity index (χ1v) is 7.07. The van der Waals surface area contributed by atoms with E-state index in [1.807, 2.05) is 13.0 Å². The van der Waals surface area contributed by atoms with Crippen LogP contribution < -0.4 is 5.32 Å². The normalized spacial score (nSPS) is 10.2. The highest BCUT2D eigenvalue weighted by molar-refractivity contribution is 9.10. The van der Waals surface area contributed by atoms with Crippen LogP contribution in [0.5, 0.6) is 0 Å². The number of benzene rings is 2. The highest BCUT2D eigenvalue weighted by Crippen LogP contribution is 2.26. The van der Waals surface area contributed by atoms with Crippen molar-refractivity contribution in [2.75, 3.05) is 5.32 Å². The lowest BCUT2D eigenvalue weighted by Gasteiger charge is -2.07. The maximum Gasteiger partial charge on any atom is 0.288 e. The smallest absolute Gasteiger partial charge is 0.288 e. The van der Waals surface area contributed by atoms with Gasteiger partial charge in [0.2, 0.25) is 0 Å². The van der Waals surface area contributed by atoms with Crippen LogP contribution in [0, 0.1) is 17.0 Å². The SMILES string of the molecule is Cc1cc(NC(=O)c2ccc(Cl)c([N+](=O)[O-])c2)ccc1Br. The number of carbonyl (C=O) groups is 1. The van der Waals surface area contributed by atoms with E-state index in [0.717, 1.165) is 16.1 Å². The van der Waals surface area contributed by atoms with E-state index in [2.05, 4.69) is 21.2 Å². The zero-order chi connectivity index (χ0) is 15.6. The van der Waals surface area contributed by atoms with Gasteiger partial charge in [0.05, 0.1) is 4.92 Å². The molecule has 1 amide bonds. The molecule has 0 unspecified atom stereocenters. The van der Waals surface area contributed by atoms with Gasteiger partial charge in [-0.3, -0.25) is 14.9 Å². The molecular formula is C14H10BrClN2O3. The van der Waals surface area contributed by atoms with Crippen molar-refractivity contribution in [3.8, 4) is 0 Å². The van der Waals surface area contributed by atoms with Gasteiger partial charge < -0.3 is 5.32 Å². The third kappa shape index (κ3) is 3.59. The number of nitrogens with zero attached hydrogens (tertiary/aromatic N) is 1. The van der Waals surface area contributed by atoms with Gasteiger partial charge in [-0.15, -0.1) is 0 Å². The van der Waals surface area contributed by atoms with Crippen LogP contribution in [0.15, 0.2) is 40.9 Å². The molecule has 7 heteroatoms. The number of nitro benzene ring substituents is 1. The van der Waals surface area contributed by atoms with Crippen LogP contribution in [0.2, 0.25) is 5.02 Å². The molecule has 0 radical (unpaired) electrons. The lowest BCUT2D eigenvalue weighted by molar-refractivity contribution is -0.384. The summed E-state index contributed by atoms with van der Waals surface area (Å²) in [5, 5.41) is 13.5. The van der Waals surface area contributed by atoms with Crippen molar-refractivity contribution in [3.05, 3.63) is 67.1 Å². The average Bonchev–Trinajstić information content (AvgIpc) is 2.43. The summed E-state index contributed by atoms with van der Waals surface area (Å²) in [7, 11) is 0. The molecule has 0 bridgehead atoms. The quantitative estimate of drug-likeness (QED) is 0.636. The fourth-order valence-electron chi connectivity index (χ4n) is 1.72. The monoisotopic (exact) mass is 368 g/mol. The lowest BCUT2D eigenvalue weighted by atomic mass is 10.1. The Bertz CT molecular complexity index is 734. The van der Waals surface area contributed by atoms with Gasteiger partial charge in [0.15, 0.2) is 0 Å². The third-order valence-electron chi connectivity index (χ3n) is 2.82. The van der Waals surface area contributed by atoms with Crippen LogP contribution in [-0.4, -0.2) is 10.8 Å². The molecule has 0 saturated heterocycles. The number of aryl methyl sites for hydroxylation is 1. The van der Waals surface area contributed by atoms with E-state index in [0.29, 0.717) is 5.69 Å². The minimum Gasteiger partial charge on any atom is -0.322 e. The number of rotatable bonds is 3. The fourth-order valence-corrected chi connectivity index (χ4v) is 2.15. The molecule has 0 aliphatic heterocycles. The fraction of sp³-hybridized carbons (Fsp3) is 0.0714. The number of hydrogen-bond donors (Lipinski definition) is 1. The van der Waals surface area contributed by atoms with Gasteiger partial charge in [0, 0.05) is 21.8 Å². The van der Waals surface area contributed by atoms with E-state index in [-0.39, 0.29) is 16.3 Å². The number of nitrogens with one attached hydrogen (secondary N) is 1. The van der Waals surface area contributed by atoms with Gasteiger partial charge in [-0.25, -0.2) is 0 Å². The molecule has 1 N–H and O–H groups in total. The number of hydrogen-bond acceptors (Lipinski definition) is 3. The number of carbonyl (C=O) groups excluding carboxylic acids is 1. The second kappa shape index (κ2) is 6.24. The minimum absolute atomic E-state index is 0.00367. The van der Waals surface area contributed by atoms with Gasteiger partial charge >= 0.3 is 0 Å². The molecule has 2 rings (SSSR count). The molecule has 108 valence electrons. The summed E-state index contributed by atoms with van der Waals surface area (Å²) in [5.41, 5.74) is 1.45. The zero-order valence-electron chi connectivity index (χ0n) is 10.9. The van der Waals surface area contributed by atoms with Crippen LogP contribution in [0.3, 0.4) is 0 Å². The van der Waals surface area contributed by atoms with Crippen molar-refractivity contribution in [2.24, 2.45) is 0 Å². The number of amides is 1.